The number of aryl methyl sites for hydroxylation is 3. The first-order chi connectivity index (χ1) is 18.0. The van der Waals surface area contributed by atoms with Gasteiger partial charge in [-0.1, -0.05) is 68.7 Å². The van der Waals surface area contributed by atoms with Crippen molar-refractivity contribution in [3.63, 3.8) is 0 Å². The fourth-order valence-corrected chi connectivity index (χ4v) is 4.19. The van der Waals surface area contributed by atoms with Crippen molar-refractivity contribution < 1.29 is 17.9 Å². The minimum Gasteiger partial charge on any atom is -0.491 e. The SMILES string of the molecule is CCCCCCOc1ccc(-c2ccc(CCc3ccc(-c4cnc(C)nc4)c(F)c3F)cc2)cc1F. The zero-order valence-electron chi connectivity index (χ0n) is 21.2. The molecule has 0 radical (unpaired) electrons. The summed E-state index contributed by atoms with van der Waals surface area (Å²) < 4.78 is 49.6. The van der Waals surface area contributed by atoms with E-state index in [1.807, 2.05) is 30.3 Å². The molecule has 0 unspecified atom stereocenters. The molecule has 0 aliphatic carbocycles. The third-order valence-electron chi connectivity index (χ3n) is 6.41. The van der Waals surface area contributed by atoms with Gasteiger partial charge in [-0.05, 0) is 60.6 Å². The standard InChI is InChI=1S/C31H31F3N2O/c1-3-4-5-6-17-37-29-16-14-25(18-28(29)32)23-10-7-22(8-11-23)9-12-24-13-15-27(31(34)30(24)33)26-19-35-21(2)36-20-26/h7-8,10-11,13-16,18-20H,3-6,9,12,17H2,1-2H3. The van der Waals surface area contributed by atoms with Gasteiger partial charge in [0.2, 0.25) is 0 Å². The van der Waals surface area contributed by atoms with Gasteiger partial charge in [-0.25, -0.2) is 23.1 Å². The van der Waals surface area contributed by atoms with Gasteiger partial charge < -0.3 is 4.74 Å². The molecule has 0 saturated heterocycles. The Kier molecular flexibility index (Phi) is 8.94. The Hall–Kier alpha value is -3.67. The second-order valence-corrected chi connectivity index (χ2v) is 9.17. The van der Waals surface area contributed by atoms with Crippen LogP contribution in [-0.4, -0.2) is 16.6 Å². The molecule has 0 fully saturated rings. The van der Waals surface area contributed by atoms with Crippen molar-refractivity contribution >= 4 is 0 Å². The minimum atomic E-state index is -0.893. The van der Waals surface area contributed by atoms with Crippen LogP contribution in [0.3, 0.4) is 0 Å². The van der Waals surface area contributed by atoms with Crippen molar-refractivity contribution in [1.29, 1.82) is 0 Å². The second kappa shape index (κ2) is 12.5. The molecule has 0 amide bonds. The average molecular weight is 505 g/mol. The van der Waals surface area contributed by atoms with Crippen LogP contribution in [0.4, 0.5) is 13.2 Å². The molecule has 4 rings (SSSR count). The molecule has 3 aromatic carbocycles. The van der Waals surface area contributed by atoms with Crippen LogP contribution in [0.2, 0.25) is 0 Å². The van der Waals surface area contributed by atoms with Crippen molar-refractivity contribution in [2.24, 2.45) is 0 Å². The molecule has 1 aromatic heterocycles. The number of unbranched alkanes of at least 4 members (excludes halogenated alkanes) is 3. The lowest BCUT2D eigenvalue weighted by atomic mass is 9.98. The zero-order valence-corrected chi connectivity index (χ0v) is 21.2. The van der Waals surface area contributed by atoms with Crippen molar-refractivity contribution in [3.05, 3.63) is 101 Å². The molecule has 0 N–H and O–H groups in total. The Morgan fingerprint density at radius 1 is 0.730 bits per heavy atom. The molecule has 0 spiro atoms. The number of halogens is 3. The number of hydrogen-bond donors (Lipinski definition) is 0. The summed E-state index contributed by atoms with van der Waals surface area (Å²) in [5, 5.41) is 0. The Labute approximate surface area is 216 Å². The monoisotopic (exact) mass is 504 g/mol. The van der Waals surface area contributed by atoms with E-state index in [0.717, 1.165) is 42.4 Å². The van der Waals surface area contributed by atoms with E-state index in [9.17, 15) is 13.2 Å². The summed E-state index contributed by atoms with van der Waals surface area (Å²) in [6.07, 6.45) is 8.18. The minimum absolute atomic E-state index is 0.144. The van der Waals surface area contributed by atoms with E-state index in [1.165, 1.54) is 18.5 Å². The van der Waals surface area contributed by atoms with Gasteiger partial charge in [0.15, 0.2) is 23.2 Å². The van der Waals surface area contributed by atoms with Gasteiger partial charge in [0.1, 0.15) is 5.82 Å². The van der Waals surface area contributed by atoms with E-state index in [1.54, 1.807) is 25.1 Å². The molecular formula is C31H31F3N2O. The van der Waals surface area contributed by atoms with Crippen LogP contribution in [0.1, 0.15) is 49.6 Å². The summed E-state index contributed by atoms with van der Waals surface area (Å²) in [5.41, 5.74) is 3.50. The summed E-state index contributed by atoms with van der Waals surface area (Å²) in [6, 6.07) is 15.8. The lowest BCUT2D eigenvalue weighted by Crippen LogP contribution is -2.00. The number of aromatic nitrogens is 2. The second-order valence-electron chi connectivity index (χ2n) is 9.17. The molecule has 37 heavy (non-hydrogen) atoms. The number of ether oxygens (including phenoxy) is 1. The van der Waals surface area contributed by atoms with Crippen LogP contribution in [0.25, 0.3) is 22.3 Å². The van der Waals surface area contributed by atoms with Crippen molar-refractivity contribution in [2.75, 3.05) is 6.61 Å². The summed E-state index contributed by atoms with van der Waals surface area (Å²) in [5.74, 6) is -1.28. The molecule has 4 aromatic rings. The molecular weight excluding hydrogens is 473 g/mol. The van der Waals surface area contributed by atoms with E-state index >= 15 is 0 Å². The van der Waals surface area contributed by atoms with Crippen LogP contribution in [0.5, 0.6) is 5.75 Å². The summed E-state index contributed by atoms with van der Waals surface area (Å²) in [4.78, 5) is 8.11. The first kappa shape index (κ1) is 26.4. The van der Waals surface area contributed by atoms with E-state index in [0.29, 0.717) is 36.4 Å². The zero-order chi connectivity index (χ0) is 26.2. The molecule has 0 bridgehead atoms. The van der Waals surface area contributed by atoms with Crippen molar-refractivity contribution in [1.82, 2.24) is 9.97 Å². The Bertz CT molecular complexity index is 1320. The highest BCUT2D eigenvalue weighted by molar-refractivity contribution is 5.65. The van der Waals surface area contributed by atoms with Gasteiger partial charge in [-0.3, -0.25) is 0 Å². The fourth-order valence-electron chi connectivity index (χ4n) is 4.19. The number of benzene rings is 3. The highest BCUT2D eigenvalue weighted by Crippen LogP contribution is 2.28. The van der Waals surface area contributed by atoms with Gasteiger partial charge in [-0.2, -0.15) is 0 Å². The van der Waals surface area contributed by atoms with Crippen molar-refractivity contribution in [3.8, 4) is 28.0 Å². The number of rotatable bonds is 11. The molecule has 0 atom stereocenters. The molecule has 0 aliphatic heterocycles. The summed E-state index contributed by atoms with van der Waals surface area (Å²) in [6.45, 7) is 4.39. The van der Waals surface area contributed by atoms with Gasteiger partial charge >= 0.3 is 0 Å². The van der Waals surface area contributed by atoms with E-state index in [-0.39, 0.29) is 17.1 Å². The maximum Gasteiger partial charge on any atom is 0.167 e. The highest BCUT2D eigenvalue weighted by atomic mass is 19.2. The van der Waals surface area contributed by atoms with Crippen LogP contribution >= 0.6 is 0 Å². The van der Waals surface area contributed by atoms with Gasteiger partial charge in [0, 0.05) is 23.5 Å². The largest absolute Gasteiger partial charge is 0.491 e. The molecule has 1 heterocycles. The fraction of sp³-hybridized carbons (Fsp3) is 0.290. The quantitative estimate of drug-likeness (QED) is 0.193. The molecule has 0 saturated carbocycles. The Balaban J connectivity index is 1.37. The van der Waals surface area contributed by atoms with Crippen LogP contribution < -0.4 is 4.74 Å². The predicted octanol–water partition coefficient (Wildman–Crippen LogP) is 8.28. The lowest BCUT2D eigenvalue weighted by molar-refractivity contribution is 0.290. The lowest BCUT2D eigenvalue weighted by Gasteiger charge is -2.10. The maximum atomic E-state index is 14.8. The van der Waals surface area contributed by atoms with E-state index in [4.69, 9.17) is 4.74 Å². The first-order valence-electron chi connectivity index (χ1n) is 12.7. The third kappa shape index (κ3) is 6.76. The third-order valence-corrected chi connectivity index (χ3v) is 6.41. The van der Waals surface area contributed by atoms with Crippen LogP contribution in [-0.2, 0) is 12.8 Å². The Morgan fingerprint density at radius 2 is 1.46 bits per heavy atom. The van der Waals surface area contributed by atoms with Crippen molar-refractivity contribution in [2.45, 2.75) is 52.4 Å². The van der Waals surface area contributed by atoms with E-state index < -0.39 is 11.6 Å². The predicted molar refractivity (Wildman–Crippen MR) is 141 cm³/mol. The average Bonchev–Trinajstić information content (AvgIpc) is 2.91. The maximum absolute atomic E-state index is 14.8. The van der Waals surface area contributed by atoms with Gasteiger partial charge in [0.05, 0.1) is 6.61 Å². The van der Waals surface area contributed by atoms with Crippen LogP contribution in [0, 0.1) is 24.4 Å². The molecule has 0 aliphatic rings. The molecule has 3 nitrogen and oxygen atoms in total. The van der Waals surface area contributed by atoms with Gasteiger partial charge in [0.25, 0.3) is 0 Å². The van der Waals surface area contributed by atoms with Gasteiger partial charge in [-0.15, -0.1) is 0 Å². The number of hydrogen-bond acceptors (Lipinski definition) is 3. The number of nitrogens with zero attached hydrogens (tertiary/aromatic N) is 2. The topological polar surface area (TPSA) is 35.0 Å². The Morgan fingerprint density at radius 3 is 2.16 bits per heavy atom. The smallest absolute Gasteiger partial charge is 0.167 e. The molecule has 6 heteroatoms. The van der Waals surface area contributed by atoms with Crippen LogP contribution in [0.15, 0.2) is 67.0 Å². The van der Waals surface area contributed by atoms with E-state index in [2.05, 4.69) is 16.9 Å². The molecule has 192 valence electrons. The summed E-state index contributed by atoms with van der Waals surface area (Å²) >= 11 is 0. The normalized spacial score (nSPS) is 11.1. The highest BCUT2D eigenvalue weighted by Gasteiger charge is 2.15. The summed E-state index contributed by atoms with van der Waals surface area (Å²) in [7, 11) is 0. The first-order valence-corrected chi connectivity index (χ1v) is 12.7.